The van der Waals surface area contributed by atoms with Crippen LogP contribution >= 0.6 is 0 Å². The molecule has 0 aromatic carbocycles. The summed E-state index contributed by atoms with van der Waals surface area (Å²) in [4.78, 5) is 0. The van der Waals surface area contributed by atoms with Crippen LogP contribution in [0.2, 0.25) is 0 Å². The van der Waals surface area contributed by atoms with Gasteiger partial charge >= 0.3 is 0 Å². The minimum Gasteiger partial charge on any atom is -0.405 e. The third kappa shape index (κ3) is 5.00. The lowest BCUT2D eigenvalue weighted by Gasteiger charge is -2.09. The van der Waals surface area contributed by atoms with Crippen molar-refractivity contribution in [3.8, 4) is 0 Å². The number of rotatable bonds is 5. The van der Waals surface area contributed by atoms with E-state index in [-0.39, 0.29) is 0 Å². The van der Waals surface area contributed by atoms with Crippen LogP contribution < -0.4 is 5.73 Å². The van der Waals surface area contributed by atoms with Crippen molar-refractivity contribution in [1.82, 2.24) is 0 Å². The van der Waals surface area contributed by atoms with Crippen LogP contribution in [0.15, 0.2) is 23.9 Å². The lowest BCUT2D eigenvalue weighted by molar-refractivity contribution is 0.552. The minimum atomic E-state index is 0.794. The van der Waals surface area contributed by atoms with E-state index in [0.717, 1.165) is 12.3 Å². The van der Waals surface area contributed by atoms with Crippen molar-refractivity contribution in [2.75, 3.05) is 0 Å². The standard InChI is InChI=1S/C11H21N/c1-4-10(3)9-11(5-2)7-6-8-12/h5-6,8,10H,4,7,9,12H2,1-3H3/b8-6+,11-5-. The second-order valence-corrected chi connectivity index (χ2v) is 3.30. The monoisotopic (exact) mass is 167 g/mol. The maximum Gasteiger partial charge on any atom is -0.00998 e. The third-order valence-electron chi connectivity index (χ3n) is 2.23. The summed E-state index contributed by atoms with van der Waals surface area (Å²) in [6, 6.07) is 0. The van der Waals surface area contributed by atoms with Gasteiger partial charge < -0.3 is 5.73 Å². The highest BCUT2D eigenvalue weighted by atomic mass is 14.5. The average Bonchev–Trinajstić information content (AvgIpc) is 2.11. The Morgan fingerprint density at radius 1 is 1.50 bits per heavy atom. The first-order chi connectivity index (χ1) is 5.74. The number of nitrogens with two attached hydrogens (primary N) is 1. The highest BCUT2D eigenvalue weighted by molar-refractivity contribution is 5.06. The zero-order valence-electron chi connectivity index (χ0n) is 8.51. The van der Waals surface area contributed by atoms with Crippen LogP contribution in [0.25, 0.3) is 0 Å². The van der Waals surface area contributed by atoms with Crippen LogP contribution in [0, 0.1) is 5.92 Å². The normalized spacial score (nSPS) is 15.4. The molecule has 2 N–H and O–H groups in total. The summed E-state index contributed by atoms with van der Waals surface area (Å²) in [6.07, 6.45) is 9.31. The van der Waals surface area contributed by atoms with Crippen molar-refractivity contribution < 1.29 is 0 Å². The van der Waals surface area contributed by atoms with Crippen LogP contribution in [-0.4, -0.2) is 0 Å². The first-order valence-electron chi connectivity index (χ1n) is 4.75. The van der Waals surface area contributed by atoms with E-state index in [2.05, 4.69) is 26.8 Å². The highest BCUT2D eigenvalue weighted by Gasteiger charge is 2.01. The molecule has 0 saturated heterocycles. The van der Waals surface area contributed by atoms with Gasteiger partial charge in [-0.25, -0.2) is 0 Å². The fraction of sp³-hybridized carbons (Fsp3) is 0.636. The summed E-state index contributed by atoms with van der Waals surface area (Å²) in [5, 5.41) is 0. The van der Waals surface area contributed by atoms with Gasteiger partial charge in [0.25, 0.3) is 0 Å². The molecule has 1 heteroatoms. The zero-order chi connectivity index (χ0) is 9.40. The average molecular weight is 167 g/mol. The Hall–Kier alpha value is -0.720. The maximum atomic E-state index is 5.29. The quantitative estimate of drug-likeness (QED) is 0.625. The molecule has 0 bridgehead atoms. The predicted molar refractivity (Wildman–Crippen MR) is 55.8 cm³/mol. The third-order valence-corrected chi connectivity index (χ3v) is 2.23. The van der Waals surface area contributed by atoms with Gasteiger partial charge in [-0.05, 0) is 31.9 Å². The van der Waals surface area contributed by atoms with Crippen LogP contribution in [0.1, 0.15) is 40.0 Å². The smallest absolute Gasteiger partial charge is 0.00998 e. The van der Waals surface area contributed by atoms with Gasteiger partial charge in [-0.15, -0.1) is 0 Å². The first-order valence-corrected chi connectivity index (χ1v) is 4.75. The SMILES string of the molecule is C/C=C(/C/C=C/N)CC(C)CC. The van der Waals surface area contributed by atoms with Crippen LogP contribution in [0.3, 0.4) is 0 Å². The van der Waals surface area contributed by atoms with Crippen LogP contribution in [-0.2, 0) is 0 Å². The van der Waals surface area contributed by atoms with Crippen molar-refractivity contribution in [1.29, 1.82) is 0 Å². The van der Waals surface area contributed by atoms with Crippen molar-refractivity contribution >= 4 is 0 Å². The van der Waals surface area contributed by atoms with Gasteiger partial charge in [0, 0.05) is 0 Å². The second kappa shape index (κ2) is 6.96. The van der Waals surface area contributed by atoms with Crippen LogP contribution in [0.4, 0.5) is 0 Å². The Kier molecular flexibility index (Phi) is 6.54. The molecule has 70 valence electrons. The molecule has 0 saturated carbocycles. The molecular weight excluding hydrogens is 146 g/mol. The van der Waals surface area contributed by atoms with E-state index in [1.54, 1.807) is 6.20 Å². The fourth-order valence-corrected chi connectivity index (χ4v) is 1.13. The summed E-state index contributed by atoms with van der Waals surface area (Å²) in [6.45, 7) is 6.62. The molecule has 1 unspecified atom stereocenters. The highest BCUT2D eigenvalue weighted by Crippen LogP contribution is 2.17. The lowest BCUT2D eigenvalue weighted by Crippen LogP contribution is -1.94. The fourth-order valence-electron chi connectivity index (χ4n) is 1.13. The summed E-state index contributed by atoms with van der Waals surface area (Å²) >= 11 is 0. The molecular formula is C11H21N. The van der Waals surface area contributed by atoms with E-state index in [1.165, 1.54) is 18.4 Å². The van der Waals surface area contributed by atoms with Gasteiger partial charge in [0.2, 0.25) is 0 Å². The van der Waals surface area contributed by atoms with Gasteiger partial charge in [-0.1, -0.05) is 38.0 Å². The van der Waals surface area contributed by atoms with E-state index in [4.69, 9.17) is 5.73 Å². The van der Waals surface area contributed by atoms with E-state index in [9.17, 15) is 0 Å². The van der Waals surface area contributed by atoms with Gasteiger partial charge in [-0.3, -0.25) is 0 Å². The van der Waals surface area contributed by atoms with Gasteiger partial charge in [0.05, 0.1) is 0 Å². The van der Waals surface area contributed by atoms with Crippen molar-refractivity contribution in [2.45, 2.75) is 40.0 Å². The Morgan fingerprint density at radius 3 is 2.58 bits per heavy atom. The molecule has 0 radical (unpaired) electrons. The molecule has 0 aromatic rings. The van der Waals surface area contributed by atoms with Gasteiger partial charge in [-0.2, -0.15) is 0 Å². The van der Waals surface area contributed by atoms with E-state index in [1.807, 2.05) is 6.08 Å². The Labute approximate surface area is 76.3 Å². The van der Waals surface area contributed by atoms with Crippen molar-refractivity contribution in [3.63, 3.8) is 0 Å². The van der Waals surface area contributed by atoms with Crippen LogP contribution in [0.5, 0.6) is 0 Å². The maximum absolute atomic E-state index is 5.29. The van der Waals surface area contributed by atoms with Crippen molar-refractivity contribution in [2.24, 2.45) is 11.7 Å². The molecule has 0 aliphatic carbocycles. The predicted octanol–water partition coefficient (Wildman–Crippen LogP) is 3.23. The molecule has 0 fully saturated rings. The first kappa shape index (κ1) is 11.3. The van der Waals surface area contributed by atoms with Gasteiger partial charge in [0.15, 0.2) is 0 Å². The number of hydrogen-bond donors (Lipinski definition) is 1. The molecule has 12 heavy (non-hydrogen) atoms. The molecule has 1 nitrogen and oxygen atoms in total. The summed E-state index contributed by atoms with van der Waals surface area (Å²) in [5.74, 6) is 0.794. The molecule has 0 heterocycles. The minimum absolute atomic E-state index is 0.794. The largest absolute Gasteiger partial charge is 0.405 e. The summed E-state index contributed by atoms with van der Waals surface area (Å²) in [5.41, 5.74) is 6.78. The molecule has 0 amide bonds. The van der Waals surface area contributed by atoms with E-state index >= 15 is 0 Å². The molecule has 0 spiro atoms. The lowest BCUT2D eigenvalue weighted by atomic mass is 9.97. The second-order valence-electron chi connectivity index (χ2n) is 3.30. The molecule has 0 aliphatic rings. The van der Waals surface area contributed by atoms with E-state index in [0.29, 0.717) is 0 Å². The molecule has 0 rings (SSSR count). The topological polar surface area (TPSA) is 26.0 Å². The number of hydrogen-bond acceptors (Lipinski definition) is 1. The number of allylic oxidation sites excluding steroid dienone is 3. The molecule has 1 atom stereocenters. The molecule has 0 aliphatic heterocycles. The summed E-state index contributed by atoms with van der Waals surface area (Å²) in [7, 11) is 0. The Morgan fingerprint density at radius 2 is 2.17 bits per heavy atom. The van der Waals surface area contributed by atoms with E-state index < -0.39 is 0 Å². The van der Waals surface area contributed by atoms with Gasteiger partial charge in [0.1, 0.15) is 0 Å². The van der Waals surface area contributed by atoms with Crippen molar-refractivity contribution in [3.05, 3.63) is 23.9 Å². The zero-order valence-corrected chi connectivity index (χ0v) is 8.51. The summed E-state index contributed by atoms with van der Waals surface area (Å²) < 4.78 is 0. The Bertz CT molecular complexity index is 156. The Balaban J connectivity index is 3.84. The molecule has 0 aromatic heterocycles.